The molecule has 2 aliphatic rings. The molecule has 1 aliphatic heterocycles. The number of rotatable bonds is 4. The Morgan fingerprint density at radius 3 is 2.18 bits per heavy atom. The molecule has 0 bridgehead atoms. The molecule has 4 amide bonds. The highest BCUT2D eigenvalue weighted by Gasteiger charge is 2.42. The molecule has 1 fully saturated rings. The highest BCUT2D eigenvalue weighted by Crippen LogP contribution is 2.32. The number of hydrogen-bond acceptors (Lipinski definition) is 5. The number of nitrogens with zero attached hydrogens (tertiary/aromatic N) is 2. The van der Waals surface area contributed by atoms with Crippen molar-refractivity contribution in [2.75, 3.05) is 24.0 Å². The number of anilines is 2. The zero-order valence-corrected chi connectivity index (χ0v) is 18.4. The predicted octanol–water partition coefficient (Wildman–Crippen LogP) is 1.79. The second-order valence-electron chi connectivity index (χ2n) is 8.21. The zero-order valence-electron chi connectivity index (χ0n) is 18.4. The maximum atomic E-state index is 13.0. The van der Waals surface area contributed by atoms with Crippen LogP contribution < -0.4 is 26.2 Å². The standard InChI is InChI=1S/C24H25N5O4/c1-28(2)17-9-5-7-15(13-17)21(30)25-26-22(31)16-8-6-10-18(14-16)29-24(33)20-12-4-3-11-19(20)23(32)27-29/h3-10,13-14,19-20H,11-12H2,1-2H3,(H,25,30)(H,26,31)(H,27,32). The van der Waals surface area contributed by atoms with Crippen LogP contribution in [-0.4, -0.2) is 37.7 Å². The number of hydrazine groups is 2. The smallest absolute Gasteiger partial charge is 0.269 e. The minimum absolute atomic E-state index is 0.212. The molecule has 0 aromatic heterocycles. The predicted molar refractivity (Wildman–Crippen MR) is 123 cm³/mol. The number of hydrogen-bond donors (Lipinski definition) is 3. The van der Waals surface area contributed by atoms with Gasteiger partial charge >= 0.3 is 0 Å². The molecule has 3 N–H and O–H groups in total. The van der Waals surface area contributed by atoms with E-state index in [1.165, 1.54) is 11.1 Å². The lowest BCUT2D eigenvalue weighted by Gasteiger charge is -2.38. The number of benzene rings is 2. The van der Waals surface area contributed by atoms with Crippen LogP contribution in [0.3, 0.4) is 0 Å². The number of amides is 4. The third-order valence-corrected chi connectivity index (χ3v) is 5.81. The van der Waals surface area contributed by atoms with Crippen molar-refractivity contribution in [1.29, 1.82) is 0 Å². The summed E-state index contributed by atoms with van der Waals surface area (Å²) >= 11 is 0. The first-order chi connectivity index (χ1) is 15.8. The van der Waals surface area contributed by atoms with Gasteiger partial charge in [0, 0.05) is 30.9 Å². The summed E-state index contributed by atoms with van der Waals surface area (Å²) in [5, 5.41) is 1.20. The van der Waals surface area contributed by atoms with E-state index in [0.29, 0.717) is 24.1 Å². The van der Waals surface area contributed by atoms with Crippen LogP contribution in [-0.2, 0) is 9.59 Å². The second kappa shape index (κ2) is 9.15. The first-order valence-electron chi connectivity index (χ1n) is 10.6. The summed E-state index contributed by atoms with van der Waals surface area (Å²) in [4.78, 5) is 52.4. The number of nitrogens with one attached hydrogen (secondary N) is 3. The highest BCUT2D eigenvalue weighted by atomic mass is 16.2. The normalized spacial score (nSPS) is 19.4. The second-order valence-corrected chi connectivity index (χ2v) is 8.21. The monoisotopic (exact) mass is 447 g/mol. The van der Waals surface area contributed by atoms with Crippen molar-refractivity contribution in [2.45, 2.75) is 12.8 Å². The van der Waals surface area contributed by atoms with Gasteiger partial charge in [0.1, 0.15) is 0 Å². The van der Waals surface area contributed by atoms with E-state index < -0.39 is 17.7 Å². The van der Waals surface area contributed by atoms with Gasteiger partial charge in [-0.25, -0.2) is 5.01 Å². The Balaban J connectivity index is 1.44. The molecule has 9 nitrogen and oxygen atoms in total. The van der Waals surface area contributed by atoms with E-state index >= 15 is 0 Å². The Hall–Kier alpha value is -4.14. The van der Waals surface area contributed by atoms with Gasteiger partial charge in [-0.05, 0) is 49.2 Å². The van der Waals surface area contributed by atoms with E-state index in [1.54, 1.807) is 36.4 Å². The van der Waals surface area contributed by atoms with Crippen LogP contribution >= 0.6 is 0 Å². The Morgan fingerprint density at radius 1 is 0.909 bits per heavy atom. The largest absolute Gasteiger partial charge is 0.378 e. The summed E-state index contributed by atoms with van der Waals surface area (Å²) in [5.74, 6) is -2.23. The lowest BCUT2D eigenvalue weighted by molar-refractivity contribution is -0.139. The van der Waals surface area contributed by atoms with Crippen LogP contribution in [0, 0.1) is 11.8 Å². The Kier molecular flexibility index (Phi) is 6.12. The van der Waals surface area contributed by atoms with Gasteiger partial charge < -0.3 is 4.90 Å². The number of allylic oxidation sites excluding steroid dienone is 2. The van der Waals surface area contributed by atoms with Gasteiger partial charge in [0.15, 0.2) is 0 Å². The molecule has 2 aromatic rings. The molecule has 0 radical (unpaired) electrons. The average Bonchev–Trinajstić information content (AvgIpc) is 2.84. The van der Waals surface area contributed by atoms with Crippen molar-refractivity contribution >= 4 is 35.0 Å². The minimum Gasteiger partial charge on any atom is -0.378 e. The molecular formula is C24H25N5O4. The SMILES string of the molecule is CN(C)c1cccc(C(=O)NNC(=O)c2cccc(N3NC(=O)C4CC=CCC4C3=O)c2)c1. The van der Waals surface area contributed by atoms with Crippen molar-refractivity contribution in [1.82, 2.24) is 16.3 Å². The molecular weight excluding hydrogens is 422 g/mol. The molecule has 2 unspecified atom stereocenters. The number of carbonyl (C=O) groups excluding carboxylic acids is 4. The van der Waals surface area contributed by atoms with Crippen LogP contribution in [0.1, 0.15) is 33.6 Å². The molecule has 0 spiro atoms. The fraction of sp³-hybridized carbons (Fsp3) is 0.250. The van der Waals surface area contributed by atoms with Crippen LogP contribution in [0.15, 0.2) is 60.7 Å². The van der Waals surface area contributed by atoms with Gasteiger partial charge in [0.05, 0.1) is 17.5 Å². The summed E-state index contributed by atoms with van der Waals surface area (Å²) in [6.07, 6.45) is 4.88. The first kappa shape index (κ1) is 22.1. The summed E-state index contributed by atoms with van der Waals surface area (Å²) < 4.78 is 0. The van der Waals surface area contributed by atoms with Crippen LogP contribution in [0.4, 0.5) is 11.4 Å². The third kappa shape index (κ3) is 4.57. The maximum absolute atomic E-state index is 13.0. The maximum Gasteiger partial charge on any atom is 0.269 e. The Morgan fingerprint density at radius 2 is 1.52 bits per heavy atom. The van der Waals surface area contributed by atoms with Crippen molar-refractivity contribution < 1.29 is 19.2 Å². The van der Waals surface area contributed by atoms with Gasteiger partial charge in [-0.2, -0.15) is 0 Å². The van der Waals surface area contributed by atoms with Crippen molar-refractivity contribution in [3.05, 3.63) is 71.8 Å². The van der Waals surface area contributed by atoms with Crippen LogP contribution in [0.25, 0.3) is 0 Å². The molecule has 33 heavy (non-hydrogen) atoms. The quantitative estimate of drug-likeness (QED) is 0.489. The van der Waals surface area contributed by atoms with E-state index in [2.05, 4.69) is 16.3 Å². The van der Waals surface area contributed by atoms with Crippen molar-refractivity contribution in [3.8, 4) is 0 Å². The first-order valence-corrected chi connectivity index (χ1v) is 10.6. The Bertz CT molecular complexity index is 1140. The van der Waals surface area contributed by atoms with E-state index in [9.17, 15) is 19.2 Å². The van der Waals surface area contributed by atoms with E-state index in [-0.39, 0.29) is 23.3 Å². The van der Waals surface area contributed by atoms with E-state index in [1.807, 2.05) is 37.2 Å². The van der Waals surface area contributed by atoms with Gasteiger partial charge in [0.2, 0.25) is 11.8 Å². The molecule has 170 valence electrons. The van der Waals surface area contributed by atoms with Gasteiger partial charge in [-0.1, -0.05) is 24.3 Å². The molecule has 1 heterocycles. The molecule has 4 rings (SSSR count). The Labute approximate surface area is 191 Å². The molecule has 2 aromatic carbocycles. The van der Waals surface area contributed by atoms with Crippen molar-refractivity contribution in [2.24, 2.45) is 11.8 Å². The summed E-state index contributed by atoms with van der Waals surface area (Å²) in [7, 11) is 3.73. The number of carbonyl (C=O) groups is 4. The third-order valence-electron chi connectivity index (χ3n) is 5.81. The molecule has 2 atom stereocenters. The summed E-state index contributed by atoms with van der Waals surface area (Å²) in [6.45, 7) is 0. The van der Waals surface area contributed by atoms with Crippen molar-refractivity contribution in [3.63, 3.8) is 0 Å². The molecule has 9 heteroatoms. The lowest BCUT2D eigenvalue weighted by Crippen LogP contribution is -2.59. The minimum atomic E-state index is -0.553. The molecule has 1 aliphatic carbocycles. The van der Waals surface area contributed by atoms with Crippen LogP contribution in [0.5, 0.6) is 0 Å². The van der Waals surface area contributed by atoms with Crippen LogP contribution in [0.2, 0.25) is 0 Å². The zero-order chi connectivity index (χ0) is 23.5. The summed E-state index contributed by atoms with van der Waals surface area (Å²) in [5.41, 5.74) is 9.28. The summed E-state index contributed by atoms with van der Waals surface area (Å²) in [6, 6.07) is 13.3. The van der Waals surface area contributed by atoms with Gasteiger partial charge in [-0.15, -0.1) is 0 Å². The highest BCUT2D eigenvalue weighted by molar-refractivity contribution is 6.05. The fourth-order valence-electron chi connectivity index (χ4n) is 3.95. The van der Waals surface area contributed by atoms with Gasteiger partial charge in [-0.3, -0.25) is 35.5 Å². The topological polar surface area (TPSA) is 111 Å². The number of fused-ring (bicyclic) bond motifs is 1. The molecule has 1 saturated heterocycles. The van der Waals surface area contributed by atoms with E-state index in [0.717, 1.165) is 5.69 Å². The average molecular weight is 447 g/mol. The fourth-order valence-corrected chi connectivity index (χ4v) is 3.95. The lowest BCUT2D eigenvalue weighted by atomic mass is 9.80. The van der Waals surface area contributed by atoms with E-state index in [4.69, 9.17) is 0 Å². The molecule has 0 saturated carbocycles. The van der Waals surface area contributed by atoms with Gasteiger partial charge in [0.25, 0.3) is 11.8 Å².